The molecule has 1 atom stereocenters. The molecule has 0 saturated carbocycles. The first-order valence-electron chi connectivity index (χ1n) is 11.7. The van der Waals surface area contributed by atoms with E-state index in [9.17, 15) is 9.59 Å². The van der Waals surface area contributed by atoms with Crippen molar-refractivity contribution in [1.29, 1.82) is 0 Å². The molecular weight excluding hydrogens is 458 g/mol. The first kappa shape index (κ1) is 23.2. The highest BCUT2D eigenvalue weighted by molar-refractivity contribution is 5.79. The van der Waals surface area contributed by atoms with Gasteiger partial charge in [-0.25, -0.2) is 9.48 Å². The number of benzene rings is 3. The first-order chi connectivity index (χ1) is 17.7. The summed E-state index contributed by atoms with van der Waals surface area (Å²) in [4.78, 5) is 25.3. The Morgan fingerprint density at radius 1 is 0.889 bits per heavy atom. The van der Waals surface area contributed by atoms with E-state index in [2.05, 4.69) is 45.1 Å². The van der Waals surface area contributed by atoms with Crippen LogP contribution in [0.4, 0.5) is 4.79 Å². The number of tetrazole rings is 1. The molecule has 1 aliphatic carbocycles. The van der Waals surface area contributed by atoms with Crippen LogP contribution in [0.15, 0.2) is 85.2 Å². The third kappa shape index (κ3) is 5.41. The van der Waals surface area contributed by atoms with E-state index in [1.807, 2.05) is 54.6 Å². The third-order valence-electron chi connectivity index (χ3n) is 6.12. The highest BCUT2D eigenvalue weighted by Gasteiger charge is 2.29. The number of carbonyl (C=O) groups excluding carboxylic acids is 2. The Kier molecular flexibility index (Phi) is 6.98. The molecule has 9 heteroatoms. The number of esters is 1. The van der Waals surface area contributed by atoms with Crippen LogP contribution in [0.2, 0.25) is 0 Å². The van der Waals surface area contributed by atoms with Gasteiger partial charge in [-0.3, -0.25) is 4.79 Å². The van der Waals surface area contributed by atoms with Gasteiger partial charge < -0.3 is 14.8 Å². The van der Waals surface area contributed by atoms with E-state index in [1.54, 1.807) is 0 Å². The maximum atomic E-state index is 12.8. The number of amides is 1. The zero-order chi connectivity index (χ0) is 24.7. The Hall–Kier alpha value is -4.53. The van der Waals surface area contributed by atoms with Crippen molar-refractivity contribution in [2.45, 2.75) is 31.5 Å². The van der Waals surface area contributed by atoms with Crippen LogP contribution in [-0.4, -0.2) is 44.9 Å². The molecule has 0 bridgehead atoms. The Bertz CT molecular complexity index is 1280. The van der Waals surface area contributed by atoms with Crippen molar-refractivity contribution in [3.8, 4) is 11.1 Å². The second-order valence-corrected chi connectivity index (χ2v) is 8.55. The van der Waals surface area contributed by atoms with Gasteiger partial charge >= 0.3 is 12.1 Å². The van der Waals surface area contributed by atoms with Crippen molar-refractivity contribution in [2.75, 3.05) is 6.61 Å². The van der Waals surface area contributed by atoms with Crippen LogP contribution in [0, 0.1) is 0 Å². The molecule has 1 amide bonds. The predicted molar refractivity (Wildman–Crippen MR) is 131 cm³/mol. The molecule has 0 radical (unpaired) electrons. The van der Waals surface area contributed by atoms with Crippen LogP contribution in [0.25, 0.3) is 11.1 Å². The minimum atomic E-state index is -0.620. The Balaban J connectivity index is 1.21. The molecular formula is C27H25N5O4. The van der Waals surface area contributed by atoms with Crippen LogP contribution in [0.1, 0.15) is 29.0 Å². The lowest BCUT2D eigenvalue weighted by atomic mass is 9.98. The molecule has 0 spiro atoms. The minimum absolute atomic E-state index is 0.0584. The van der Waals surface area contributed by atoms with Gasteiger partial charge in [0.05, 0.1) is 19.0 Å². The number of alkyl carbamates (subject to hydrolysis) is 1. The highest BCUT2D eigenvalue weighted by Crippen LogP contribution is 2.44. The van der Waals surface area contributed by atoms with Crippen LogP contribution >= 0.6 is 0 Å². The summed E-state index contributed by atoms with van der Waals surface area (Å²) in [6, 6.07) is 25.1. The molecule has 9 nitrogen and oxygen atoms in total. The van der Waals surface area contributed by atoms with Crippen molar-refractivity contribution in [2.24, 2.45) is 0 Å². The lowest BCUT2D eigenvalue weighted by Gasteiger charge is -2.19. The van der Waals surface area contributed by atoms with Crippen LogP contribution in [0.3, 0.4) is 0 Å². The summed E-state index contributed by atoms with van der Waals surface area (Å²) in [6.07, 6.45) is 0.740. The quantitative estimate of drug-likeness (QED) is 0.362. The summed E-state index contributed by atoms with van der Waals surface area (Å²) in [5.41, 5.74) is 5.44. The molecule has 1 aliphatic rings. The molecule has 0 aliphatic heterocycles. The fourth-order valence-electron chi connectivity index (χ4n) is 4.46. The fourth-order valence-corrected chi connectivity index (χ4v) is 4.46. The van der Waals surface area contributed by atoms with Crippen LogP contribution in [-0.2, 0) is 27.4 Å². The van der Waals surface area contributed by atoms with Gasteiger partial charge in [-0.2, -0.15) is 0 Å². The molecule has 3 aromatic carbocycles. The summed E-state index contributed by atoms with van der Waals surface area (Å²) in [7, 11) is 0. The van der Waals surface area contributed by atoms with Gasteiger partial charge in [-0.05, 0) is 38.2 Å². The summed E-state index contributed by atoms with van der Waals surface area (Å²) in [5, 5.41) is 13.8. The van der Waals surface area contributed by atoms with Crippen molar-refractivity contribution in [3.63, 3.8) is 0 Å². The van der Waals surface area contributed by atoms with Gasteiger partial charge in [0.25, 0.3) is 0 Å². The monoisotopic (exact) mass is 483 g/mol. The lowest BCUT2D eigenvalue weighted by Crippen LogP contribution is -2.40. The van der Waals surface area contributed by atoms with Gasteiger partial charge in [0.1, 0.15) is 19.5 Å². The minimum Gasteiger partial charge on any atom is -0.461 e. The number of nitrogens with zero attached hydrogens (tertiary/aromatic N) is 4. The SMILES string of the molecule is O=C(CC(Cn1cnnn1)NC(=O)OCC1c2ccccc2-c2ccccc21)OCc1ccccc1. The Morgan fingerprint density at radius 2 is 1.56 bits per heavy atom. The molecule has 0 fully saturated rings. The molecule has 4 aromatic rings. The van der Waals surface area contributed by atoms with E-state index in [4.69, 9.17) is 9.47 Å². The van der Waals surface area contributed by atoms with Crippen molar-refractivity contribution >= 4 is 12.1 Å². The number of rotatable bonds is 9. The highest BCUT2D eigenvalue weighted by atomic mass is 16.5. The molecule has 1 unspecified atom stereocenters. The smallest absolute Gasteiger partial charge is 0.407 e. The second-order valence-electron chi connectivity index (χ2n) is 8.55. The number of nitrogens with one attached hydrogen (secondary N) is 1. The van der Waals surface area contributed by atoms with Crippen molar-refractivity contribution < 1.29 is 19.1 Å². The maximum absolute atomic E-state index is 12.8. The molecule has 5 rings (SSSR count). The average Bonchev–Trinajstić information content (AvgIpc) is 3.53. The van der Waals surface area contributed by atoms with E-state index in [0.29, 0.717) is 0 Å². The molecule has 0 saturated heterocycles. The average molecular weight is 484 g/mol. The normalized spacial score (nSPS) is 12.9. The van der Waals surface area contributed by atoms with Gasteiger partial charge in [-0.1, -0.05) is 78.9 Å². The Morgan fingerprint density at radius 3 is 2.22 bits per heavy atom. The number of fused-ring (bicyclic) bond motifs is 3. The van der Waals surface area contributed by atoms with Gasteiger partial charge in [-0.15, -0.1) is 5.10 Å². The molecule has 1 heterocycles. The van der Waals surface area contributed by atoms with Gasteiger partial charge in [0.2, 0.25) is 0 Å². The largest absolute Gasteiger partial charge is 0.461 e. The van der Waals surface area contributed by atoms with Crippen molar-refractivity contribution in [1.82, 2.24) is 25.5 Å². The van der Waals surface area contributed by atoms with E-state index < -0.39 is 18.1 Å². The molecule has 36 heavy (non-hydrogen) atoms. The first-order valence-corrected chi connectivity index (χ1v) is 11.7. The summed E-state index contributed by atoms with van der Waals surface area (Å²) >= 11 is 0. The molecule has 182 valence electrons. The van der Waals surface area contributed by atoms with E-state index >= 15 is 0 Å². The second kappa shape index (κ2) is 10.8. The summed E-state index contributed by atoms with van der Waals surface area (Å²) in [5.74, 6) is -0.507. The van der Waals surface area contributed by atoms with E-state index in [1.165, 1.54) is 11.0 Å². The fraction of sp³-hybridized carbons (Fsp3) is 0.222. The zero-order valence-corrected chi connectivity index (χ0v) is 19.5. The molecule has 1 aromatic heterocycles. The topological polar surface area (TPSA) is 108 Å². The van der Waals surface area contributed by atoms with Crippen LogP contribution in [0.5, 0.6) is 0 Å². The van der Waals surface area contributed by atoms with Crippen LogP contribution < -0.4 is 5.32 Å². The maximum Gasteiger partial charge on any atom is 0.407 e. The predicted octanol–water partition coefficient (Wildman–Crippen LogP) is 3.71. The van der Waals surface area contributed by atoms with Gasteiger partial charge in [0, 0.05) is 5.92 Å². The molecule has 1 N–H and O–H groups in total. The van der Waals surface area contributed by atoms with E-state index in [-0.39, 0.29) is 32.1 Å². The third-order valence-corrected chi connectivity index (χ3v) is 6.12. The zero-order valence-electron chi connectivity index (χ0n) is 19.5. The number of ether oxygens (including phenoxy) is 2. The number of aromatic nitrogens is 4. The number of hydrogen-bond donors (Lipinski definition) is 1. The number of carbonyl (C=O) groups is 2. The summed E-state index contributed by atoms with van der Waals surface area (Å²) in [6.45, 7) is 0.524. The number of hydrogen-bond acceptors (Lipinski definition) is 7. The van der Waals surface area contributed by atoms with Gasteiger partial charge in [0.15, 0.2) is 0 Å². The standard InChI is InChI=1S/C27H25N5O4/c33-26(35-16-19-8-2-1-3-9-19)14-20(15-32-18-28-30-31-32)29-27(34)36-17-25-23-12-6-4-10-21(23)22-11-5-7-13-24(22)25/h1-13,18,20,25H,14-17H2,(H,29,34). The lowest BCUT2D eigenvalue weighted by molar-refractivity contribution is -0.145. The van der Waals surface area contributed by atoms with E-state index in [0.717, 1.165) is 27.8 Å². The Labute approximate surface area is 208 Å². The van der Waals surface area contributed by atoms with Crippen molar-refractivity contribution in [3.05, 3.63) is 102 Å². The summed E-state index contributed by atoms with van der Waals surface area (Å²) < 4.78 is 12.5.